The highest BCUT2D eigenvalue weighted by molar-refractivity contribution is 7.09. The summed E-state index contributed by atoms with van der Waals surface area (Å²) >= 11 is 1.59. The first-order valence-corrected chi connectivity index (χ1v) is 16.0. The van der Waals surface area contributed by atoms with Gasteiger partial charge in [-0.2, -0.15) is 0 Å². The fourth-order valence-electron chi connectivity index (χ4n) is 7.30. The molecule has 3 aliphatic rings. The fourth-order valence-corrected chi connectivity index (χ4v) is 8.00. The highest BCUT2D eigenvalue weighted by Crippen LogP contribution is 2.51. The monoisotopic (exact) mass is 581 g/mol. The number of phenolic OH excluding ortho intramolecular Hbond substituents is 1. The van der Waals surface area contributed by atoms with E-state index in [2.05, 4.69) is 37.3 Å². The average Bonchev–Trinajstić information content (AvgIpc) is 3.71. The van der Waals surface area contributed by atoms with E-state index in [1.165, 1.54) is 27.2 Å². The van der Waals surface area contributed by atoms with Gasteiger partial charge >= 0.3 is 0 Å². The van der Waals surface area contributed by atoms with E-state index in [1.54, 1.807) is 11.3 Å². The van der Waals surface area contributed by atoms with E-state index in [-0.39, 0.29) is 35.7 Å². The number of fused-ring (bicyclic) bond motifs is 3. The predicted octanol–water partition coefficient (Wildman–Crippen LogP) is 7.71. The van der Waals surface area contributed by atoms with Crippen LogP contribution in [0.15, 0.2) is 71.1 Å². The number of ether oxygens (including phenoxy) is 1. The number of thiophene rings is 1. The molecule has 1 aromatic heterocycles. The molecule has 42 heavy (non-hydrogen) atoms. The first-order valence-electron chi connectivity index (χ1n) is 15.1. The molecule has 2 fully saturated rings. The molecule has 5 nitrogen and oxygen atoms in total. The first-order chi connectivity index (χ1) is 20.4. The highest BCUT2D eigenvalue weighted by Gasteiger charge is 2.56. The zero-order valence-corrected chi connectivity index (χ0v) is 25.5. The first kappa shape index (κ1) is 28.6. The molecule has 218 valence electrons. The van der Waals surface area contributed by atoms with Gasteiger partial charge in [-0.1, -0.05) is 61.4 Å². The van der Waals surface area contributed by atoms with Crippen LogP contribution in [0.2, 0.25) is 0 Å². The molecular formula is C36H39NO4S. The molecule has 0 saturated carbocycles. The zero-order chi connectivity index (χ0) is 29.4. The Hall–Kier alpha value is -3.48. The largest absolute Gasteiger partial charge is 0.507 e. The number of rotatable bonds is 9. The van der Waals surface area contributed by atoms with E-state index in [4.69, 9.17) is 4.74 Å². The molecular weight excluding hydrogens is 542 g/mol. The Kier molecular flexibility index (Phi) is 8.19. The van der Waals surface area contributed by atoms with E-state index in [1.807, 2.05) is 49.6 Å². The Morgan fingerprint density at radius 1 is 1.05 bits per heavy atom. The normalized spacial score (nSPS) is 24.0. The number of hydrogen-bond donors (Lipinski definition) is 1. The topological polar surface area (TPSA) is 66.8 Å². The van der Waals surface area contributed by atoms with E-state index < -0.39 is 0 Å². The van der Waals surface area contributed by atoms with Crippen molar-refractivity contribution < 1.29 is 19.4 Å². The SMILES string of the molecule is CCCC1=C2[C@@H](CC/C(=C/c3cc(C)c(O)c(C)c3)c3ccccc3)OC[C@@H]2[C@@H]2C(=O)N(Cc3cccs3)C(=O)[C@@H]2C1. The third kappa shape index (κ3) is 5.38. The summed E-state index contributed by atoms with van der Waals surface area (Å²) in [4.78, 5) is 29.8. The van der Waals surface area contributed by atoms with Gasteiger partial charge in [0.1, 0.15) is 5.75 Å². The number of aromatic hydroxyl groups is 1. The third-order valence-corrected chi connectivity index (χ3v) is 10.1. The van der Waals surface area contributed by atoms with Gasteiger partial charge in [0.2, 0.25) is 11.8 Å². The van der Waals surface area contributed by atoms with E-state index in [0.29, 0.717) is 25.3 Å². The third-order valence-electron chi connectivity index (χ3n) is 9.22. The van der Waals surface area contributed by atoms with Crippen molar-refractivity contribution in [2.75, 3.05) is 6.61 Å². The van der Waals surface area contributed by atoms with Crippen molar-refractivity contribution in [3.63, 3.8) is 0 Å². The lowest BCUT2D eigenvalue weighted by molar-refractivity contribution is -0.140. The summed E-state index contributed by atoms with van der Waals surface area (Å²) in [6.07, 6.45) is 6.41. The Morgan fingerprint density at radius 3 is 2.50 bits per heavy atom. The van der Waals surface area contributed by atoms with Gasteiger partial charge in [-0.3, -0.25) is 14.5 Å². The summed E-state index contributed by atoms with van der Waals surface area (Å²) in [6.45, 7) is 6.92. The number of hydrogen-bond acceptors (Lipinski definition) is 5. The molecule has 0 bridgehead atoms. The lowest BCUT2D eigenvalue weighted by atomic mass is 9.68. The zero-order valence-electron chi connectivity index (χ0n) is 24.6. The van der Waals surface area contributed by atoms with E-state index in [9.17, 15) is 14.7 Å². The van der Waals surface area contributed by atoms with Crippen LogP contribution in [-0.4, -0.2) is 34.5 Å². The van der Waals surface area contributed by atoms with E-state index in [0.717, 1.165) is 47.3 Å². The fraction of sp³-hybridized carbons (Fsp3) is 0.389. The summed E-state index contributed by atoms with van der Waals surface area (Å²) < 4.78 is 6.50. The number of aryl methyl sites for hydroxylation is 2. The molecule has 1 N–H and O–H groups in total. The number of allylic oxidation sites excluding steroid dienone is 2. The summed E-state index contributed by atoms with van der Waals surface area (Å²) in [7, 11) is 0. The van der Waals surface area contributed by atoms with Crippen LogP contribution in [0, 0.1) is 31.6 Å². The number of nitrogens with zero attached hydrogens (tertiary/aromatic N) is 1. The van der Waals surface area contributed by atoms with Gasteiger partial charge in [-0.25, -0.2) is 0 Å². The second-order valence-corrected chi connectivity index (χ2v) is 13.0. The molecule has 0 spiro atoms. The quantitative estimate of drug-likeness (QED) is 0.160. The second-order valence-electron chi connectivity index (χ2n) is 12.0. The van der Waals surface area contributed by atoms with Crippen LogP contribution in [-0.2, 0) is 20.9 Å². The second kappa shape index (κ2) is 12.0. The molecule has 1 aliphatic carbocycles. The number of imide groups is 1. The molecule has 4 atom stereocenters. The smallest absolute Gasteiger partial charge is 0.234 e. The van der Waals surface area contributed by atoms with Crippen molar-refractivity contribution >= 4 is 34.8 Å². The minimum atomic E-state index is -0.315. The maximum Gasteiger partial charge on any atom is 0.234 e. The molecule has 0 unspecified atom stereocenters. The van der Waals surface area contributed by atoms with Crippen LogP contribution < -0.4 is 0 Å². The Morgan fingerprint density at radius 2 is 1.81 bits per heavy atom. The number of likely N-dealkylation sites (tertiary alicyclic amines) is 1. The minimum absolute atomic E-state index is 0.0108. The highest BCUT2D eigenvalue weighted by atomic mass is 32.1. The lowest BCUT2D eigenvalue weighted by Gasteiger charge is -2.32. The predicted molar refractivity (Wildman–Crippen MR) is 168 cm³/mol. The Bertz CT molecular complexity index is 1510. The number of benzene rings is 2. The summed E-state index contributed by atoms with van der Waals surface area (Å²) in [6, 6.07) is 18.5. The van der Waals surface area contributed by atoms with Crippen LogP contribution in [0.4, 0.5) is 0 Å². The van der Waals surface area contributed by atoms with Crippen molar-refractivity contribution in [1.82, 2.24) is 4.90 Å². The molecule has 2 aromatic carbocycles. The van der Waals surface area contributed by atoms with Crippen LogP contribution in [0.1, 0.15) is 66.2 Å². The lowest BCUT2D eigenvalue weighted by Crippen LogP contribution is -2.34. The summed E-state index contributed by atoms with van der Waals surface area (Å²) in [5.41, 5.74) is 7.81. The van der Waals surface area contributed by atoms with Crippen LogP contribution in [0.3, 0.4) is 0 Å². The van der Waals surface area contributed by atoms with Gasteiger partial charge in [0.05, 0.1) is 31.1 Å². The Balaban J connectivity index is 1.27. The number of carbonyl (C=O) groups is 2. The van der Waals surface area contributed by atoms with Crippen molar-refractivity contribution in [3.8, 4) is 5.75 Å². The van der Waals surface area contributed by atoms with Gasteiger partial charge in [0, 0.05) is 10.8 Å². The van der Waals surface area contributed by atoms with Crippen LogP contribution in [0.5, 0.6) is 5.75 Å². The average molecular weight is 582 g/mol. The molecule has 3 heterocycles. The van der Waals surface area contributed by atoms with Crippen molar-refractivity contribution in [2.45, 2.75) is 65.5 Å². The van der Waals surface area contributed by atoms with Gasteiger partial charge in [0.25, 0.3) is 0 Å². The summed E-state index contributed by atoms with van der Waals surface area (Å²) in [5, 5.41) is 12.3. The van der Waals surface area contributed by atoms with Gasteiger partial charge in [0.15, 0.2) is 0 Å². The van der Waals surface area contributed by atoms with Crippen LogP contribution >= 0.6 is 11.3 Å². The molecule has 2 aliphatic heterocycles. The van der Waals surface area contributed by atoms with Gasteiger partial charge in [-0.05, 0) is 96.5 Å². The van der Waals surface area contributed by atoms with Gasteiger partial charge < -0.3 is 9.84 Å². The molecule has 0 radical (unpaired) electrons. The van der Waals surface area contributed by atoms with E-state index >= 15 is 0 Å². The number of phenols is 1. The molecule has 2 amide bonds. The van der Waals surface area contributed by atoms with Gasteiger partial charge in [-0.15, -0.1) is 11.3 Å². The van der Waals surface area contributed by atoms with Crippen molar-refractivity contribution in [1.29, 1.82) is 0 Å². The Labute approximate surface area is 252 Å². The number of amides is 2. The molecule has 3 aromatic rings. The van der Waals surface area contributed by atoms with Crippen LogP contribution in [0.25, 0.3) is 11.6 Å². The molecule has 2 saturated heterocycles. The maximum atomic E-state index is 13.7. The number of carbonyl (C=O) groups excluding carboxylic acids is 2. The van der Waals surface area contributed by atoms with Crippen molar-refractivity contribution in [3.05, 3.63) is 98.3 Å². The minimum Gasteiger partial charge on any atom is -0.507 e. The van der Waals surface area contributed by atoms with Crippen molar-refractivity contribution in [2.24, 2.45) is 17.8 Å². The molecule has 6 rings (SSSR count). The maximum absolute atomic E-state index is 13.7. The molecule has 6 heteroatoms. The standard InChI is InChI=1S/C36H39NO4S/c1-4-9-27-19-29-33(36(40)37(35(29)39)20-28-12-8-15-42-28)30-21-41-31(32(27)30)14-13-26(25-10-6-5-7-11-25)18-24-16-22(2)34(38)23(3)17-24/h5-8,10-12,15-18,29-31,33,38H,4,9,13-14,19-21H2,1-3H3/b26-18-/t29-,30+,31-,33-/m1/s1. The summed E-state index contributed by atoms with van der Waals surface area (Å²) in [5.74, 6) is -0.293.